The van der Waals surface area contributed by atoms with Crippen LogP contribution in [0.3, 0.4) is 0 Å². The van der Waals surface area contributed by atoms with Crippen LogP contribution < -0.4 is 0 Å². The summed E-state index contributed by atoms with van der Waals surface area (Å²) < 4.78 is 0. The number of fused-ring (bicyclic) bond motifs is 1. The van der Waals surface area contributed by atoms with Crippen LogP contribution in [0.5, 0.6) is 0 Å². The second-order valence-electron chi connectivity index (χ2n) is 2.49. The zero-order valence-corrected chi connectivity index (χ0v) is 7.60. The molecule has 2 aromatic rings. The van der Waals surface area contributed by atoms with Gasteiger partial charge in [-0.1, -0.05) is 23.2 Å². The van der Waals surface area contributed by atoms with Crippen LogP contribution in [0.1, 0.15) is 0 Å². The van der Waals surface area contributed by atoms with Crippen LogP contribution in [0.2, 0.25) is 10.0 Å². The summed E-state index contributed by atoms with van der Waals surface area (Å²) in [4.78, 5) is 4.13. The number of hydrogen-bond acceptors (Lipinski definition) is 1. The molecule has 1 heterocycles. The Bertz CT molecular complexity index is 389. The predicted molar refractivity (Wildman–Crippen MR) is 51.8 cm³/mol. The van der Waals surface area contributed by atoms with Crippen LogP contribution in [0.25, 0.3) is 10.9 Å². The van der Waals surface area contributed by atoms with E-state index in [1.54, 1.807) is 6.20 Å². The van der Waals surface area contributed by atoms with Crippen molar-refractivity contribution in [2.24, 2.45) is 0 Å². The van der Waals surface area contributed by atoms with Crippen molar-refractivity contribution in [3.8, 4) is 0 Å². The van der Waals surface area contributed by atoms with Crippen molar-refractivity contribution in [1.29, 1.82) is 0 Å². The number of rotatable bonds is 0. The van der Waals surface area contributed by atoms with Gasteiger partial charge in [0.05, 0.1) is 10.5 Å². The van der Waals surface area contributed by atoms with Gasteiger partial charge in [-0.3, -0.25) is 4.98 Å². The average molecular weight is 198 g/mol. The zero-order chi connectivity index (χ0) is 8.55. The van der Waals surface area contributed by atoms with Gasteiger partial charge in [-0.15, -0.1) is 0 Å². The first-order valence-electron chi connectivity index (χ1n) is 3.46. The third-order valence-electron chi connectivity index (χ3n) is 1.61. The summed E-state index contributed by atoms with van der Waals surface area (Å²) in [7, 11) is 0. The molecule has 12 heavy (non-hydrogen) atoms. The minimum absolute atomic E-state index is 0.629. The molecule has 3 heteroatoms. The molecule has 0 saturated heterocycles. The van der Waals surface area contributed by atoms with Crippen molar-refractivity contribution < 1.29 is 0 Å². The van der Waals surface area contributed by atoms with Crippen molar-refractivity contribution in [1.82, 2.24) is 4.98 Å². The lowest BCUT2D eigenvalue weighted by atomic mass is 10.2. The SMILES string of the molecule is Clc1ccc2ncc(Cl)cc2c1. The lowest BCUT2D eigenvalue weighted by Crippen LogP contribution is -1.77. The first kappa shape index (κ1) is 7.84. The predicted octanol–water partition coefficient (Wildman–Crippen LogP) is 3.54. The van der Waals surface area contributed by atoms with E-state index in [-0.39, 0.29) is 0 Å². The monoisotopic (exact) mass is 197 g/mol. The van der Waals surface area contributed by atoms with Gasteiger partial charge >= 0.3 is 0 Å². The van der Waals surface area contributed by atoms with Crippen LogP contribution in [0.15, 0.2) is 30.5 Å². The minimum Gasteiger partial charge on any atom is -0.255 e. The van der Waals surface area contributed by atoms with Gasteiger partial charge in [0.2, 0.25) is 0 Å². The fourth-order valence-corrected chi connectivity index (χ4v) is 1.42. The normalized spacial score (nSPS) is 10.5. The Morgan fingerprint density at radius 2 is 1.75 bits per heavy atom. The molecule has 0 bridgehead atoms. The Balaban J connectivity index is 2.80. The van der Waals surface area contributed by atoms with E-state index in [0.717, 1.165) is 10.9 Å². The highest BCUT2D eigenvalue weighted by molar-refractivity contribution is 6.32. The molecule has 0 N–H and O–H groups in total. The van der Waals surface area contributed by atoms with Gasteiger partial charge in [-0.2, -0.15) is 0 Å². The highest BCUT2D eigenvalue weighted by Crippen LogP contribution is 2.20. The lowest BCUT2D eigenvalue weighted by molar-refractivity contribution is 1.41. The Hall–Kier alpha value is -0.790. The van der Waals surface area contributed by atoms with Crippen LogP contribution in [0, 0.1) is 0 Å². The summed E-state index contributed by atoms with van der Waals surface area (Å²) >= 11 is 11.6. The smallest absolute Gasteiger partial charge is 0.0704 e. The Morgan fingerprint density at radius 1 is 1.00 bits per heavy atom. The standard InChI is InChI=1S/C9H5Cl2N/c10-7-1-2-9-6(3-7)4-8(11)5-12-9/h1-5H. The first-order chi connectivity index (χ1) is 5.75. The molecule has 0 radical (unpaired) electrons. The fourth-order valence-electron chi connectivity index (χ4n) is 1.08. The molecule has 0 amide bonds. The molecule has 0 unspecified atom stereocenters. The largest absolute Gasteiger partial charge is 0.255 e. The molecule has 0 aliphatic carbocycles. The maximum Gasteiger partial charge on any atom is 0.0704 e. The summed E-state index contributed by atoms with van der Waals surface area (Å²) in [5.74, 6) is 0. The van der Waals surface area contributed by atoms with E-state index in [4.69, 9.17) is 23.2 Å². The Labute approximate surface area is 79.9 Å². The number of halogens is 2. The number of benzene rings is 1. The molecule has 0 aliphatic rings. The third kappa shape index (κ3) is 1.38. The molecule has 1 aromatic heterocycles. The molecular weight excluding hydrogens is 193 g/mol. The number of nitrogens with zero attached hydrogens (tertiary/aromatic N) is 1. The van der Waals surface area contributed by atoms with Crippen molar-refractivity contribution in [2.75, 3.05) is 0 Å². The number of pyridine rings is 1. The van der Waals surface area contributed by atoms with Crippen LogP contribution >= 0.6 is 23.2 Å². The van der Waals surface area contributed by atoms with Crippen LogP contribution in [-0.2, 0) is 0 Å². The van der Waals surface area contributed by atoms with Crippen LogP contribution in [0.4, 0.5) is 0 Å². The summed E-state index contributed by atoms with van der Waals surface area (Å²) in [5, 5.41) is 2.30. The molecule has 1 aromatic carbocycles. The second kappa shape index (κ2) is 2.92. The summed E-state index contributed by atoms with van der Waals surface area (Å²) in [6, 6.07) is 7.37. The van der Waals surface area contributed by atoms with Crippen molar-refractivity contribution in [3.05, 3.63) is 40.5 Å². The quantitative estimate of drug-likeness (QED) is 0.630. The van der Waals surface area contributed by atoms with E-state index in [1.807, 2.05) is 24.3 Å². The highest BCUT2D eigenvalue weighted by Gasteiger charge is 1.96. The molecule has 0 spiro atoms. The molecular formula is C9H5Cl2N. The molecule has 0 aliphatic heterocycles. The van der Waals surface area contributed by atoms with E-state index in [9.17, 15) is 0 Å². The van der Waals surface area contributed by atoms with Gasteiger partial charge in [-0.05, 0) is 24.3 Å². The van der Waals surface area contributed by atoms with Crippen molar-refractivity contribution >= 4 is 34.1 Å². The van der Waals surface area contributed by atoms with Crippen LogP contribution in [-0.4, -0.2) is 4.98 Å². The van der Waals surface area contributed by atoms with Crippen molar-refractivity contribution in [2.45, 2.75) is 0 Å². The molecule has 0 saturated carbocycles. The Morgan fingerprint density at radius 3 is 2.58 bits per heavy atom. The summed E-state index contributed by atoms with van der Waals surface area (Å²) in [5.41, 5.74) is 0.906. The molecule has 2 rings (SSSR count). The molecule has 60 valence electrons. The molecule has 1 nitrogen and oxygen atoms in total. The van der Waals surface area contributed by atoms with Gasteiger partial charge in [0.25, 0.3) is 0 Å². The van der Waals surface area contributed by atoms with E-state index in [0.29, 0.717) is 10.0 Å². The van der Waals surface area contributed by atoms with Gasteiger partial charge in [0.15, 0.2) is 0 Å². The van der Waals surface area contributed by atoms with Gasteiger partial charge in [0.1, 0.15) is 0 Å². The third-order valence-corrected chi connectivity index (χ3v) is 2.05. The maximum absolute atomic E-state index is 5.80. The zero-order valence-electron chi connectivity index (χ0n) is 6.09. The van der Waals surface area contributed by atoms with E-state index in [1.165, 1.54) is 0 Å². The van der Waals surface area contributed by atoms with E-state index >= 15 is 0 Å². The average Bonchev–Trinajstić information content (AvgIpc) is 2.03. The topological polar surface area (TPSA) is 12.9 Å². The maximum atomic E-state index is 5.80. The van der Waals surface area contributed by atoms with Gasteiger partial charge in [-0.25, -0.2) is 0 Å². The number of hydrogen-bond donors (Lipinski definition) is 0. The molecule has 0 atom stereocenters. The minimum atomic E-state index is 0.629. The van der Waals surface area contributed by atoms with Gasteiger partial charge < -0.3 is 0 Å². The van der Waals surface area contributed by atoms with Gasteiger partial charge in [0, 0.05) is 16.6 Å². The first-order valence-corrected chi connectivity index (χ1v) is 4.22. The second-order valence-corrected chi connectivity index (χ2v) is 3.36. The summed E-state index contributed by atoms with van der Waals surface area (Å²) in [6.07, 6.45) is 1.62. The Kier molecular flexibility index (Phi) is 1.91. The lowest BCUT2D eigenvalue weighted by Gasteiger charge is -1.97. The summed E-state index contributed by atoms with van der Waals surface area (Å²) in [6.45, 7) is 0. The van der Waals surface area contributed by atoms with Crippen molar-refractivity contribution in [3.63, 3.8) is 0 Å². The highest BCUT2D eigenvalue weighted by atomic mass is 35.5. The van der Waals surface area contributed by atoms with E-state index in [2.05, 4.69) is 4.98 Å². The van der Waals surface area contributed by atoms with E-state index < -0.39 is 0 Å². The fraction of sp³-hybridized carbons (Fsp3) is 0. The molecule has 0 fully saturated rings. The number of aromatic nitrogens is 1.